The van der Waals surface area contributed by atoms with Crippen LogP contribution in [0.4, 0.5) is 0 Å². The van der Waals surface area contributed by atoms with Crippen molar-refractivity contribution in [2.24, 2.45) is 0 Å². The molecule has 1 aromatic carbocycles. The number of hydrogen-bond donors (Lipinski definition) is 1. The Hall–Kier alpha value is -1.63. The molecule has 1 N–H and O–H groups in total. The molecule has 0 aliphatic carbocycles. The van der Waals surface area contributed by atoms with Crippen molar-refractivity contribution < 1.29 is 0 Å². The summed E-state index contributed by atoms with van der Waals surface area (Å²) in [6.45, 7) is 0. The highest BCUT2D eigenvalue weighted by Crippen LogP contribution is 2.28. The molecule has 0 bridgehead atoms. The van der Waals surface area contributed by atoms with E-state index in [-0.39, 0.29) is 0 Å². The number of rotatable bonds is 3. The molecule has 4 aromatic rings. The minimum atomic E-state index is 0.605. The number of para-hydroxylation sites is 1. The molecule has 4 nitrogen and oxygen atoms in total. The van der Waals surface area contributed by atoms with Crippen molar-refractivity contribution >= 4 is 56.1 Å². The molecule has 4 rings (SSSR count). The number of nitrogens with one attached hydrogen (secondary N) is 1. The van der Waals surface area contributed by atoms with Crippen molar-refractivity contribution in [1.29, 1.82) is 0 Å². The van der Waals surface area contributed by atoms with Crippen LogP contribution in [0.2, 0.25) is 5.02 Å². The zero-order valence-electron chi connectivity index (χ0n) is 10.7. The van der Waals surface area contributed by atoms with Gasteiger partial charge in [-0.2, -0.15) is 0 Å². The second-order valence-electron chi connectivity index (χ2n) is 4.43. The zero-order chi connectivity index (χ0) is 14.2. The molecule has 0 fully saturated rings. The number of thiazole rings is 1. The first-order chi connectivity index (χ1) is 10.3. The number of nitrogens with zero attached hydrogens (tertiary/aromatic N) is 3. The molecule has 0 aliphatic heterocycles. The van der Waals surface area contributed by atoms with Gasteiger partial charge in [0.1, 0.15) is 5.01 Å². The maximum atomic E-state index is 5.92. The lowest BCUT2D eigenvalue weighted by atomic mass is 10.3. The van der Waals surface area contributed by atoms with Gasteiger partial charge >= 0.3 is 0 Å². The molecule has 0 saturated heterocycles. The predicted molar refractivity (Wildman–Crippen MR) is 88.1 cm³/mol. The number of benzene rings is 1. The van der Waals surface area contributed by atoms with Crippen LogP contribution in [0, 0.1) is 0 Å². The first-order valence-corrected chi connectivity index (χ1v) is 8.44. The van der Waals surface area contributed by atoms with Crippen LogP contribution >= 0.6 is 34.7 Å². The van der Waals surface area contributed by atoms with E-state index >= 15 is 0 Å². The van der Waals surface area contributed by atoms with Crippen LogP contribution in [0.3, 0.4) is 0 Å². The summed E-state index contributed by atoms with van der Waals surface area (Å²) in [5.41, 5.74) is 2.59. The van der Waals surface area contributed by atoms with E-state index in [2.05, 4.69) is 26.0 Å². The van der Waals surface area contributed by atoms with Crippen LogP contribution in [0.15, 0.2) is 41.7 Å². The van der Waals surface area contributed by atoms with Crippen LogP contribution in [0.1, 0.15) is 5.01 Å². The number of imidazole rings is 1. The molecule has 21 heavy (non-hydrogen) atoms. The molecule has 0 atom stereocenters. The largest absolute Gasteiger partial charge is 0.331 e. The number of hydrogen-bond acceptors (Lipinski definition) is 5. The van der Waals surface area contributed by atoms with Gasteiger partial charge in [-0.15, -0.1) is 11.3 Å². The fourth-order valence-corrected chi connectivity index (χ4v) is 4.02. The second-order valence-corrected chi connectivity index (χ2v) is 6.95. The van der Waals surface area contributed by atoms with E-state index in [1.807, 2.05) is 24.3 Å². The van der Waals surface area contributed by atoms with Gasteiger partial charge in [-0.25, -0.2) is 15.0 Å². The van der Waals surface area contributed by atoms with Crippen molar-refractivity contribution in [3.63, 3.8) is 0 Å². The number of H-pyrrole nitrogens is 1. The fraction of sp³-hybridized carbons (Fsp3) is 0.0714. The van der Waals surface area contributed by atoms with Crippen molar-refractivity contribution in [1.82, 2.24) is 19.9 Å². The number of thioether (sulfide) groups is 1. The molecule has 3 aromatic heterocycles. The third-order valence-electron chi connectivity index (χ3n) is 2.95. The highest BCUT2D eigenvalue weighted by molar-refractivity contribution is 7.98. The highest BCUT2D eigenvalue weighted by Gasteiger charge is 2.08. The van der Waals surface area contributed by atoms with E-state index in [1.165, 1.54) is 4.70 Å². The molecule has 0 amide bonds. The second kappa shape index (κ2) is 5.29. The topological polar surface area (TPSA) is 54.5 Å². The van der Waals surface area contributed by atoms with Gasteiger partial charge in [0.05, 0.1) is 26.5 Å². The van der Waals surface area contributed by atoms with Crippen LogP contribution in [-0.2, 0) is 5.75 Å². The molecule has 3 heterocycles. The average Bonchev–Trinajstić information content (AvgIpc) is 3.07. The Bertz CT molecular complexity index is 898. The standard InChI is InChI=1S/C14H9ClN4S2/c15-8-5-10-13(16-6-8)19-14(18-10)20-7-12-17-9-3-1-2-4-11(9)21-12/h1-6H,7H2,(H,16,18,19). The highest BCUT2D eigenvalue weighted by atomic mass is 35.5. The van der Waals surface area contributed by atoms with Gasteiger partial charge in [0.2, 0.25) is 0 Å². The quantitative estimate of drug-likeness (QED) is 0.561. The maximum absolute atomic E-state index is 5.92. The van der Waals surface area contributed by atoms with Gasteiger partial charge in [-0.1, -0.05) is 35.5 Å². The Labute approximate surface area is 133 Å². The average molecular weight is 333 g/mol. The van der Waals surface area contributed by atoms with E-state index in [1.54, 1.807) is 29.3 Å². The van der Waals surface area contributed by atoms with Crippen LogP contribution in [-0.4, -0.2) is 19.9 Å². The SMILES string of the molecule is Clc1cnc2nc(SCc3nc4ccccc4s3)[nH]c2c1. The molecular formula is C14H9ClN4S2. The molecular weight excluding hydrogens is 324 g/mol. The smallest absolute Gasteiger partial charge is 0.178 e. The van der Waals surface area contributed by atoms with E-state index in [0.717, 1.165) is 27.0 Å². The first-order valence-electron chi connectivity index (χ1n) is 6.26. The minimum Gasteiger partial charge on any atom is -0.331 e. The first kappa shape index (κ1) is 13.1. The lowest BCUT2D eigenvalue weighted by Gasteiger charge is -1.92. The Morgan fingerprint density at radius 1 is 1.24 bits per heavy atom. The molecule has 104 valence electrons. The molecule has 0 aliphatic rings. The number of halogens is 1. The van der Waals surface area contributed by atoms with Crippen molar-refractivity contribution in [3.05, 3.63) is 46.6 Å². The van der Waals surface area contributed by atoms with E-state index in [4.69, 9.17) is 11.6 Å². The Kier molecular flexibility index (Phi) is 3.29. The molecule has 0 saturated carbocycles. The summed E-state index contributed by atoms with van der Waals surface area (Å²) in [4.78, 5) is 16.5. The van der Waals surface area contributed by atoms with Crippen molar-refractivity contribution in [2.75, 3.05) is 0 Å². The van der Waals surface area contributed by atoms with Crippen LogP contribution in [0.5, 0.6) is 0 Å². The monoisotopic (exact) mass is 332 g/mol. The summed E-state index contributed by atoms with van der Waals surface area (Å²) in [6, 6.07) is 10.00. The third kappa shape index (κ3) is 2.62. The zero-order valence-corrected chi connectivity index (χ0v) is 13.1. The number of fused-ring (bicyclic) bond motifs is 2. The van der Waals surface area contributed by atoms with Gasteiger partial charge in [-0.05, 0) is 18.2 Å². The van der Waals surface area contributed by atoms with Gasteiger partial charge in [0.25, 0.3) is 0 Å². The maximum Gasteiger partial charge on any atom is 0.178 e. The molecule has 7 heteroatoms. The van der Waals surface area contributed by atoms with Crippen LogP contribution in [0.25, 0.3) is 21.4 Å². The van der Waals surface area contributed by atoms with Crippen LogP contribution < -0.4 is 0 Å². The lowest BCUT2D eigenvalue weighted by molar-refractivity contribution is 1.07. The Morgan fingerprint density at radius 3 is 3.05 bits per heavy atom. The van der Waals surface area contributed by atoms with Gasteiger partial charge in [-0.3, -0.25) is 0 Å². The van der Waals surface area contributed by atoms with Crippen molar-refractivity contribution in [3.8, 4) is 0 Å². The summed E-state index contributed by atoms with van der Waals surface area (Å²) >= 11 is 9.25. The number of aromatic nitrogens is 4. The third-order valence-corrected chi connectivity index (χ3v) is 5.26. The van der Waals surface area contributed by atoms with Crippen molar-refractivity contribution in [2.45, 2.75) is 10.9 Å². The van der Waals surface area contributed by atoms with Gasteiger partial charge < -0.3 is 4.98 Å². The number of pyridine rings is 1. The molecule has 0 unspecified atom stereocenters. The molecule has 0 spiro atoms. The lowest BCUT2D eigenvalue weighted by Crippen LogP contribution is -1.80. The van der Waals surface area contributed by atoms with Gasteiger partial charge in [0, 0.05) is 6.20 Å². The van der Waals surface area contributed by atoms with E-state index in [0.29, 0.717) is 10.7 Å². The summed E-state index contributed by atoms with van der Waals surface area (Å²) < 4.78 is 1.21. The predicted octanol–water partition coefficient (Wildman–Crippen LogP) is 4.51. The summed E-state index contributed by atoms with van der Waals surface area (Å²) in [7, 11) is 0. The number of aromatic amines is 1. The van der Waals surface area contributed by atoms with E-state index < -0.39 is 0 Å². The van der Waals surface area contributed by atoms with E-state index in [9.17, 15) is 0 Å². The summed E-state index contributed by atoms with van der Waals surface area (Å²) in [5.74, 6) is 0.785. The Balaban J connectivity index is 1.57. The Morgan fingerprint density at radius 2 is 2.14 bits per heavy atom. The fourth-order valence-electron chi connectivity index (χ4n) is 2.03. The van der Waals surface area contributed by atoms with Gasteiger partial charge in [0.15, 0.2) is 10.8 Å². The summed E-state index contributed by atoms with van der Waals surface area (Å²) in [6.07, 6.45) is 1.60. The molecule has 0 radical (unpaired) electrons. The summed E-state index contributed by atoms with van der Waals surface area (Å²) in [5, 5.41) is 2.53. The minimum absolute atomic E-state index is 0.605. The normalized spacial score (nSPS) is 11.5.